The second-order valence-corrected chi connectivity index (χ2v) is 4.59. The van der Waals surface area contributed by atoms with Crippen molar-refractivity contribution in [2.75, 3.05) is 11.9 Å². The maximum absolute atomic E-state index is 13.5. The zero-order chi connectivity index (χ0) is 13.0. The molecule has 0 saturated carbocycles. The molecule has 0 aliphatic carbocycles. The Morgan fingerprint density at radius 1 is 1.44 bits per heavy atom. The van der Waals surface area contributed by atoms with Crippen LogP contribution < -0.4 is 5.32 Å². The van der Waals surface area contributed by atoms with Gasteiger partial charge in [-0.05, 0) is 18.2 Å². The minimum Gasteiger partial charge on any atom is -0.394 e. The first-order valence-corrected chi connectivity index (χ1v) is 6.17. The highest BCUT2D eigenvalue weighted by atomic mass is 79.9. The molecule has 2 aromatic rings. The summed E-state index contributed by atoms with van der Waals surface area (Å²) in [6.07, 6.45) is 1.71. The van der Waals surface area contributed by atoms with E-state index in [9.17, 15) is 4.39 Å². The summed E-state index contributed by atoms with van der Waals surface area (Å²) in [5.74, 6) is -0.327. The fraction of sp³-hybridized carbons (Fsp3) is 0.273. The van der Waals surface area contributed by atoms with Crippen LogP contribution in [0.5, 0.6) is 0 Å². The van der Waals surface area contributed by atoms with Crippen molar-refractivity contribution in [2.45, 2.75) is 13.1 Å². The summed E-state index contributed by atoms with van der Waals surface area (Å²) >= 11 is 3.20. The van der Waals surface area contributed by atoms with Crippen LogP contribution in [0.4, 0.5) is 10.1 Å². The van der Waals surface area contributed by atoms with E-state index in [0.717, 1.165) is 0 Å². The first kappa shape index (κ1) is 13.0. The molecule has 0 fully saturated rings. The van der Waals surface area contributed by atoms with Crippen molar-refractivity contribution < 1.29 is 9.50 Å². The Labute approximate surface area is 112 Å². The second kappa shape index (κ2) is 5.92. The third-order valence-corrected chi connectivity index (χ3v) is 2.80. The summed E-state index contributed by atoms with van der Waals surface area (Å²) in [5, 5.41) is 19.4. The molecule has 0 amide bonds. The van der Waals surface area contributed by atoms with E-state index in [1.54, 1.807) is 18.3 Å². The Kier molecular flexibility index (Phi) is 4.27. The lowest BCUT2D eigenvalue weighted by Gasteiger charge is -2.05. The summed E-state index contributed by atoms with van der Waals surface area (Å²) in [7, 11) is 0. The normalized spacial score (nSPS) is 10.6. The van der Waals surface area contributed by atoms with Crippen molar-refractivity contribution in [2.24, 2.45) is 0 Å². The number of rotatable bonds is 5. The number of aromatic nitrogens is 3. The van der Waals surface area contributed by atoms with Gasteiger partial charge in [-0.2, -0.15) is 0 Å². The molecule has 0 atom stereocenters. The number of hydrogen-bond acceptors (Lipinski definition) is 4. The number of benzene rings is 1. The zero-order valence-corrected chi connectivity index (χ0v) is 11.1. The molecule has 0 bridgehead atoms. The van der Waals surface area contributed by atoms with Gasteiger partial charge in [0, 0.05) is 4.47 Å². The van der Waals surface area contributed by atoms with Gasteiger partial charge in [-0.3, -0.25) is 0 Å². The molecule has 2 rings (SSSR count). The largest absolute Gasteiger partial charge is 0.394 e. The van der Waals surface area contributed by atoms with Gasteiger partial charge in [0.25, 0.3) is 0 Å². The third-order valence-electron chi connectivity index (χ3n) is 2.31. The maximum atomic E-state index is 13.5. The molecular formula is C11H12BrFN4O. The van der Waals surface area contributed by atoms with E-state index in [0.29, 0.717) is 28.9 Å². The van der Waals surface area contributed by atoms with Gasteiger partial charge in [-0.1, -0.05) is 21.1 Å². The summed E-state index contributed by atoms with van der Waals surface area (Å²) in [6, 6.07) is 4.80. The second-order valence-electron chi connectivity index (χ2n) is 3.67. The van der Waals surface area contributed by atoms with Crippen molar-refractivity contribution in [1.82, 2.24) is 15.0 Å². The molecule has 18 heavy (non-hydrogen) atoms. The first-order chi connectivity index (χ1) is 8.69. The van der Waals surface area contributed by atoms with Gasteiger partial charge in [0.05, 0.1) is 31.6 Å². The zero-order valence-electron chi connectivity index (χ0n) is 9.48. The fourth-order valence-corrected chi connectivity index (χ4v) is 1.78. The van der Waals surface area contributed by atoms with Crippen LogP contribution in [-0.4, -0.2) is 26.7 Å². The van der Waals surface area contributed by atoms with Gasteiger partial charge in [-0.25, -0.2) is 9.07 Å². The van der Waals surface area contributed by atoms with E-state index >= 15 is 0 Å². The van der Waals surface area contributed by atoms with Crippen LogP contribution in [0.15, 0.2) is 28.9 Å². The Bertz CT molecular complexity index is 532. The highest BCUT2D eigenvalue weighted by molar-refractivity contribution is 9.10. The van der Waals surface area contributed by atoms with E-state index in [4.69, 9.17) is 5.11 Å². The molecule has 0 radical (unpaired) electrons. The van der Waals surface area contributed by atoms with Crippen LogP contribution in [0.2, 0.25) is 0 Å². The van der Waals surface area contributed by atoms with Gasteiger partial charge in [0.1, 0.15) is 11.5 Å². The number of hydrogen-bond donors (Lipinski definition) is 2. The first-order valence-electron chi connectivity index (χ1n) is 5.38. The average molecular weight is 315 g/mol. The van der Waals surface area contributed by atoms with Crippen LogP contribution in [-0.2, 0) is 13.1 Å². The molecule has 2 N–H and O–H groups in total. The minimum absolute atomic E-state index is 0.0115. The molecule has 1 aromatic carbocycles. The topological polar surface area (TPSA) is 63.0 Å². The standard InChI is InChI=1S/C11H12BrFN4O/c12-8-1-2-11(10(13)5-8)14-6-9-7-17(3-4-18)16-15-9/h1-2,5,7,14,18H,3-4,6H2. The molecule has 1 heterocycles. The number of aliphatic hydroxyl groups is 1. The Balaban J connectivity index is 1.97. The quantitative estimate of drug-likeness (QED) is 0.883. The predicted octanol–water partition coefficient (Wildman–Crippen LogP) is 1.78. The number of nitrogens with zero attached hydrogens (tertiary/aromatic N) is 3. The minimum atomic E-state index is -0.327. The van der Waals surface area contributed by atoms with Gasteiger partial charge < -0.3 is 10.4 Å². The lowest BCUT2D eigenvalue weighted by molar-refractivity contribution is 0.268. The van der Waals surface area contributed by atoms with E-state index < -0.39 is 0 Å². The van der Waals surface area contributed by atoms with Crippen molar-refractivity contribution in [3.8, 4) is 0 Å². The van der Waals surface area contributed by atoms with E-state index in [2.05, 4.69) is 31.6 Å². The maximum Gasteiger partial charge on any atom is 0.147 e. The van der Waals surface area contributed by atoms with E-state index in [-0.39, 0.29) is 12.4 Å². The Morgan fingerprint density at radius 2 is 2.28 bits per heavy atom. The summed E-state index contributed by atoms with van der Waals surface area (Å²) in [6.45, 7) is 0.793. The average Bonchev–Trinajstić information content (AvgIpc) is 2.76. The molecule has 7 heteroatoms. The summed E-state index contributed by atoms with van der Waals surface area (Å²) < 4.78 is 15.7. The summed E-state index contributed by atoms with van der Waals surface area (Å²) in [5.41, 5.74) is 1.10. The predicted molar refractivity (Wildman–Crippen MR) is 68.5 cm³/mol. The van der Waals surface area contributed by atoms with Crippen molar-refractivity contribution in [3.05, 3.63) is 40.4 Å². The van der Waals surface area contributed by atoms with Gasteiger partial charge in [0.2, 0.25) is 0 Å². The molecule has 0 saturated heterocycles. The molecule has 5 nitrogen and oxygen atoms in total. The van der Waals surface area contributed by atoms with Crippen molar-refractivity contribution in [3.63, 3.8) is 0 Å². The van der Waals surface area contributed by atoms with Gasteiger partial charge in [0.15, 0.2) is 0 Å². The molecule has 0 aliphatic heterocycles. The Hall–Kier alpha value is -1.47. The highest BCUT2D eigenvalue weighted by Crippen LogP contribution is 2.19. The SMILES string of the molecule is OCCn1cc(CNc2ccc(Br)cc2F)nn1. The van der Waals surface area contributed by atoms with Crippen LogP contribution >= 0.6 is 15.9 Å². The lowest BCUT2D eigenvalue weighted by Crippen LogP contribution is -2.02. The van der Waals surface area contributed by atoms with E-state index in [1.165, 1.54) is 10.7 Å². The molecule has 0 aliphatic rings. The molecule has 0 unspecified atom stereocenters. The molecule has 0 spiro atoms. The number of nitrogens with one attached hydrogen (secondary N) is 1. The van der Waals surface area contributed by atoms with Crippen LogP contribution in [0.3, 0.4) is 0 Å². The van der Waals surface area contributed by atoms with Gasteiger partial charge in [-0.15, -0.1) is 5.10 Å². The van der Waals surface area contributed by atoms with Crippen LogP contribution in [0.1, 0.15) is 5.69 Å². The van der Waals surface area contributed by atoms with Crippen molar-refractivity contribution >= 4 is 21.6 Å². The summed E-state index contributed by atoms with van der Waals surface area (Å²) in [4.78, 5) is 0. The number of halogens is 2. The smallest absolute Gasteiger partial charge is 0.147 e. The number of aliphatic hydroxyl groups excluding tert-OH is 1. The monoisotopic (exact) mass is 314 g/mol. The van der Waals surface area contributed by atoms with Gasteiger partial charge >= 0.3 is 0 Å². The third kappa shape index (κ3) is 3.27. The van der Waals surface area contributed by atoms with Crippen LogP contribution in [0, 0.1) is 5.82 Å². The van der Waals surface area contributed by atoms with Crippen molar-refractivity contribution in [1.29, 1.82) is 0 Å². The highest BCUT2D eigenvalue weighted by Gasteiger charge is 2.04. The molecule has 96 valence electrons. The molecular weight excluding hydrogens is 303 g/mol. The van der Waals surface area contributed by atoms with Crippen LogP contribution in [0.25, 0.3) is 0 Å². The van der Waals surface area contributed by atoms with E-state index in [1.807, 2.05) is 0 Å². The lowest BCUT2D eigenvalue weighted by atomic mass is 10.3. The Morgan fingerprint density at radius 3 is 3.00 bits per heavy atom. The molecule has 1 aromatic heterocycles. The number of anilines is 1. The fourth-order valence-electron chi connectivity index (χ4n) is 1.45.